The van der Waals surface area contributed by atoms with E-state index in [-0.39, 0.29) is 11.8 Å². The van der Waals surface area contributed by atoms with Gasteiger partial charge < -0.3 is 0 Å². The molecule has 0 fully saturated rings. The van der Waals surface area contributed by atoms with Gasteiger partial charge in [-0.3, -0.25) is 0 Å². The van der Waals surface area contributed by atoms with E-state index < -0.39 is 0 Å². The molecule has 20 heavy (non-hydrogen) atoms. The van der Waals surface area contributed by atoms with Crippen LogP contribution < -0.4 is 0 Å². The Morgan fingerprint density at radius 2 is 1.20 bits per heavy atom. The maximum Gasteiger partial charge on any atom is 0.398 e. The number of hydrogen-bond donors (Lipinski definition) is 2. The zero-order valence-corrected chi connectivity index (χ0v) is 14.5. The molecule has 0 unspecified atom stereocenters. The first-order valence-corrected chi connectivity index (χ1v) is 9.44. The molecule has 2 aliphatic heterocycles. The Bertz CT molecular complexity index is 444. The highest BCUT2D eigenvalue weighted by Crippen LogP contribution is 2.17. The van der Waals surface area contributed by atoms with Crippen molar-refractivity contribution in [2.24, 2.45) is 0 Å². The van der Waals surface area contributed by atoms with Crippen molar-refractivity contribution in [3.05, 3.63) is 0 Å². The normalized spacial score (nSPS) is 19.7. The van der Waals surface area contributed by atoms with Gasteiger partial charge in [0.1, 0.15) is 11.5 Å². The van der Waals surface area contributed by atoms with Crippen molar-refractivity contribution < 1.29 is 18.7 Å². The monoisotopic (exact) mass is 350 g/mol. The summed E-state index contributed by atoms with van der Waals surface area (Å²) in [7, 11) is 0. The minimum Gasteiger partial charge on any atom is -0.219 e. The summed E-state index contributed by atoms with van der Waals surface area (Å²) < 4.78 is 5.16. The van der Waals surface area contributed by atoms with Crippen LogP contribution in [0.5, 0.6) is 0 Å². The van der Waals surface area contributed by atoms with Crippen LogP contribution in [-0.2, 0) is 9.59 Å². The van der Waals surface area contributed by atoms with Gasteiger partial charge in [0, 0.05) is 12.8 Å². The number of hydrogen-bond acceptors (Lipinski definition) is 4. The fourth-order valence-corrected chi connectivity index (χ4v) is 4.44. The summed E-state index contributed by atoms with van der Waals surface area (Å²) >= 11 is 11.6. The third kappa shape index (κ3) is 4.29. The largest absolute Gasteiger partial charge is 0.398 e. The van der Waals surface area contributed by atoms with Crippen LogP contribution in [0.25, 0.3) is 0 Å². The molecule has 0 spiro atoms. The SMILES string of the molecule is O=C1CSC(S)=[N+]1CCCCCC[N+]1=C(S)SCC1=O. The second kappa shape index (κ2) is 7.91. The lowest BCUT2D eigenvalue weighted by atomic mass is 10.2. The number of amides is 2. The average Bonchev–Trinajstić information content (AvgIpc) is 2.90. The first-order chi connectivity index (χ1) is 9.59. The van der Waals surface area contributed by atoms with Gasteiger partial charge in [0.15, 0.2) is 13.1 Å². The molecule has 2 rings (SSSR count). The van der Waals surface area contributed by atoms with Crippen molar-refractivity contribution in [3.8, 4) is 0 Å². The van der Waals surface area contributed by atoms with Crippen LogP contribution in [0.15, 0.2) is 0 Å². The second-order valence-corrected chi connectivity index (χ2v) is 8.03. The number of unbranched alkanes of at least 4 members (excludes halogenated alkanes) is 3. The van der Waals surface area contributed by atoms with Crippen LogP contribution in [0.3, 0.4) is 0 Å². The van der Waals surface area contributed by atoms with Crippen molar-refractivity contribution in [2.45, 2.75) is 25.7 Å². The molecule has 0 aliphatic carbocycles. The quantitative estimate of drug-likeness (QED) is 0.416. The molecule has 0 atom stereocenters. The van der Waals surface area contributed by atoms with Crippen LogP contribution in [0.4, 0.5) is 0 Å². The number of nitrogens with zero attached hydrogens (tertiary/aromatic N) is 2. The lowest BCUT2D eigenvalue weighted by Crippen LogP contribution is -2.21. The Morgan fingerprint density at radius 3 is 1.50 bits per heavy atom. The molecule has 2 aliphatic rings. The number of carbonyl (C=O) groups is 2. The molecule has 0 saturated heterocycles. The highest BCUT2D eigenvalue weighted by molar-refractivity contribution is 8.33. The third-order valence-electron chi connectivity index (χ3n) is 3.23. The Morgan fingerprint density at radius 1 is 0.800 bits per heavy atom. The molecule has 0 aromatic rings. The molecule has 110 valence electrons. The molecule has 0 radical (unpaired) electrons. The molecule has 0 bridgehead atoms. The van der Waals surface area contributed by atoms with Crippen LogP contribution in [-0.4, -0.2) is 54.3 Å². The number of thiol groups is 2. The van der Waals surface area contributed by atoms with Crippen LogP contribution in [0.1, 0.15) is 25.7 Å². The summed E-state index contributed by atoms with van der Waals surface area (Å²) in [6.45, 7) is 1.51. The molecule has 0 N–H and O–H groups in total. The number of thioether (sulfide) groups is 2. The Kier molecular flexibility index (Phi) is 6.51. The summed E-state index contributed by atoms with van der Waals surface area (Å²) in [4.78, 5) is 23.1. The highest BCUT2D eigenvalue weighted by atomic mass is 32.2. The minimum atomic E-state index is 0.161. The molecule has 2 amide bonds. The second-order valence-electron chi connectivity index (χ2n) is 4.65. The summed E-state index contributed by atoms with van der Waals surface area (Å²) in [5, 5.41) is 0. The summed E-state index contributed by atoms with van der Waals surface area (Å²) in [6.07, 6.45) is 4.09. The summed E-state index contributed by atoms with van der Waals surface area (Å²) in [5.74, 6) is 1.37. The van der Waals surface area contributed by atoms with Crippen molar-refractivity contribution in [1.29, 1.82) is 0 Å². The molecule has 4 nitrogen and oxygen atoms in total. The van der Waals surface area contributed by atoms with Gasteiger partial charge in [-0.25, -0.2) is 9.59 Å². The first kappa shape index (κ1) is 16.5. The van der Waals surface area contributed by atoms with E-state index in [4.69, 9.17) is 0 Å². The molecule has 2 heterocycles. The van der Waals surface area contributed by atoms with Gasteiger partial charge in [0.05, 0.1) is 0 Å². The number of carbonyl (C=O) groups excluding carboxylic acids is 2. The van der Waals surface area contributed by atoms with Gasteiger partial charge in [-0.15, -0.1) is 9.15 Å². The number of rotatable bonds is 7. The average molecular weight is 351 g/mol. The third-order valence-corrected chi connectivity index (χ3v) is 6.22. The van der Waals surface area contributed by atoms with Gasteiger partial charge in [-0.1, -0.05) is 25.3 Å². The van der Waals surface area contributed by atoms with Gasteiger partial charge in [-0.05, 0) is 36.4 Å². The Hall–Kier alpha value is 0.0800. The standard InChI is InChI=1S/C12H16N2O2S4/c15-9-7-19-11(17)13(9)5-3-1-2-4-6-14-10(16)8-20-12(14)18/h1-8H2/p+2. The smallest absolute Gasteiger partial charge is 0.219 e. The van der Waals surface area contributed by atoms with Crippen LogP contribution in [0, 0.1) is 0 Å². The molecule has 0 aromatic carbocycles. The molecule has 0 saturated carbocycles. The minimum absolute atomic E-state index is 0.161. The Balaban J connectivity index is 1.61. The maximum atomic E-state index is 11.5. The van der Waals surface area contributed by atoms with E-state index in [1.807, 2.05) is 0 Å². The lowest BCUT2D eigenvalue weighted by Gasteiger charge is -1.99. The lowest BCUT2D eigenvalue weighted by molar-refractivity contribution is -0.442. The summed E-state index contributed by atoms with van der Waals surface area (Å²) in [6, 6.07) is 0. The van der Waals surface area contributed by atoms with Crippen molar-refractivity contribution in [1.82, 2.24) is 0 Å². The molecular formula is C12H18N2O2S4+2. The summed E-state index contributed by atoms with van der Waals surface area (Å²) in [5.41, 5.74) is 0. The molecule has 8 heteroatoms. The first-order valence-electron chi connectivity index (χ1n) is 6.58. The van der Waals surface area contributed by atoms with Crippen molar-refractivity contribution in [2.75, 3.05) is 24.6 Å². The topological polar surface area (TPSA) is 40.2 Å². The Labute approximate surface area is 138 Å². The zero-order chi connectivity index (χ0) is 14.5. The zero-order valence-electron chi connectivity index (χ0n) is 11.1. The van der Waals surface area contributed by atoms with Crippen molar-refractivity contribution >= 4 is 69.3 Å². The van der Waals surface area contributed by atoms with Crippen molar-refractivity contribution in [3.63, 3.8) is 0 Å². The predicted octanol–water partition coefficient (Wildman–Crippen LogP) is 1.69. The highest BCUT2D eigenvalue weighted by Gasteiger charge is 2.30. The fraction of sp³-hybridized carbons (Fsp3) is 0.667. The predicted molar refractivity (Wildman–Crippen MR) is 91.6 cm³/mol. The van der Waals surface area contributed by atoms with E-state index in [1.165, 1.54) is 23.5 Å². The van der Waals surface area contributed by atoms with E-state index in [0.29, 0.717) is 11.5 Å². The fourth-order valence-electron chi connectivity index (χ4n) is 2.11. The maximum absolute atomic E-state index is 11.5. The molecular weight excluding hydrogens is 332 g/mol. The van der Waals surface area contributed by atoms with Crippen LogP contribution >= 0.6 is 48.8 Å². The molecule has 0 aromatic heterocycles. The van der Waals surface area contributed by atoms with Crippen LogP contribution in [0.2, 0.25) is 0 Å². The van der Waals surface area contributed by atoms with Gasteiger partial charge in [-0.2, -0.15) is 0 Å². The van der Waals surface area contributed by atoms with E-state index in [1.54, 1.807) is 9.15 Å². The van der Waals surface area contributed by atoms with Gasteiger partial charge in [0.25, 0.3) is 8.75 Å². The van der Waals surface area contributed by atoms with E-state index in [9.17, 15) is 9.59 Å². The van der Waals surface area contributed by atoms with E-state index in [2.05, 4.69) is 25.3 Å². The van der Waals surface area contributed by atoms with Gasteiger partial charge >= 0.3 is 11.8 Å². The van der Waals surface area contributed by atoms with E-state index >= 15 is 0 Å². The van der Waals surface area contributed by atoms with E-state index in [0.717, 1.165) is 47.5 Å². The van der Waals surface area contributed by atoms with Gasteiger partial charge in [0.2, 0.25) is 0 Å².